The van der Waals surface area contributed by atoms with Crippen molar-refractivity contribution in [2.45, 2.75) is 50.3 Å². The van der Waals surface area contributed by atoms with Gasteiger partial charge in [0.15, 0.2) is 0 Å². The van der Waals surface area contributed by atoms with Gasteiger partial charge in [-0.2, -0.15) is 0 Å². The summed E-state index contributed by atoms with van der Waals surface area (Å²) < 4.78 is 0. The number of thioether (sulfide) groups is 1. The Bertz CT molecular complexity index is 692. The number of nitrogens with zero attached hydrogens (tertiary/aromatic N) is 3. The van der Waals surface area contributed by atoms with Crippen LogP contribution in [0.3, 0.4) is 0 Å². The quantitative estimate of drug-likeness (QED) is 0.632. The molecule has 0 saturated carbocycles. The molecule has 1 amide bonds. The van der Waals surface area contributed by atoms with Gasteiger partial charge in [0.25, 0.3) is 0 Å². The Morgan fingerprint density at radius 1 is 1.27 bits per heavy atom. The molecule has 1 aliphatic rings. The summed E-state index contributed by atoms with van der Waals surface area (Å²) in [5, 5.41) is 1.95. The van der Waals surface area contributed by atoms with E-state index >= 15 is 0 Å². The Hall–Kier alpha value is -1.14. The molecule has 0 bridgehead atoms. The van der Waals surface area contributed by atoms with Crippen LogP contribution in [0.4, 0.5) is 0 Å². The van der Waals surface area contributed by atoms with E-state index in [1.807, 2.05) is 11.8 Å². The largest absolute Gasteiger partial charge is 0.342 e. The van der Waals surface area contributed by atoms with Crippen molar-refractivity contribution >= 4 is 39.2 Å². The van der Waals surface area contributed by atoms with Gasteiger partial charge in [-0.1, -0.05) is 11.8 Å². The second-order valence-electron chi connectivity index (χ2n) is 5.79. The van der Waals surface area contributed by atoms with Crippen LogP contribution in [0.25, 0.3) is 10.2 Å². The lowest BCUT2D eigenvalue weighted by atomic mass is 10.1. The summed E-state index contributed by atoms with van der Waals surface area (Å²) in [5.74, 6) is 0.237. The maximum atomic E-state index is 12.6. The minimum atomic E-state index is -0.101. The number of carbonyl (C=O) groups is 1. The van der Waals surface area contributed by atoms with E-state index in [1.54, 1.807) is 29.4 Å². The first-order valence-electron chi connectivity index (χ1n) is 7.74. The number of rotatable bonds is 3. The third-order valence-electron chi connectivity index (χ3n) is 4.23. The molecule has 0 N–H and O–H groups in total. The van der Waals surface area contributed by atoms with Crippen molar-refractivity contribution in [3.63, 3.8) is 0 Å². The van der Waals surface area contributed by atoms with Gasteiger partial charge >= 0.3 is 0 Å². The van der Waals surface area contributed by atoms with Gasteiger partial charge in [0, 0.05) is 23.4 Å². The van der Waals surface area contributed by atoms with E-state index in [-0.39, 0.29) is 11.2 Å². The zero-order valence-electron chi connectivity index (χ0n) is 13.3. The summed E-state index contributed by atoms with van der Waals surface area (Å²) in [6.07, 6.45) is 5.11. The molecule has 1 saturated heterocycles. The number of fused-ring (bicyclic) bond motifs is 1. The molecule has 2 aromatic heterocycles. The standard InChI is InChI=1S/C16H21N3OS2/c1-10-11(2)21-14-13(10)15(18-9-17-14)22-12(3)16(20)19-7-5-4-6-8-19/h9,12H,4-8H2,1-3H3/t12-/m0/s1. The van der Waals surface area contributed by atoms with Gasteiger partial charge in [0.05, 0.1) is 5.25 Å². The molecule has 3 heterocycles. The Kier molecular flexibility index (Phi) is 4.68. The molecule has 0 spiro atoms. The number of thiophene rings is 1. The topological polar surface area (TPSA) is 46.1 Å². The third kappa shape index (κ3) is 2.99. The second kappa shape index (κ2) is 6.54. The van der Waals surface area contributed by atoms with E-state index < -0.39 is 0 Å². The van der Waals surface area contributed by atoms with E-state index in [0.717, 1.165) is 41.2 Å². The second-order valence-corrected chi connectivity index (χ2v) is 8.32. The first-order valence-corrected chi connectivity index (χ1v) is 9.43. The minimum Gasteiger partial charge on any atom is -0.342 e. The van der Waals surface area contributed by atoms with E-state index in [2.05, 4.69) is 23.8 Å². The zero-order chi connectivity index (χ0) is 15.7. The summed E-state index contributed by atoms with van der Waals surface area (Å²) in [7, 11) is 0. The maximum absolute atomic E-state index is 12.6. The summed E-state index contributed by atoms with van der Waals surface area (Å²) >= 11 is 3.26. The number of likely N-dealkylation sites (tertiary alicyclic amines) is 1. The molecule has 0 radical (unpaired) electrons. The number of aromatic nitrogens is 2. The Morgan fingerprint density at radius 2 is 2.00 bits per heavy atom. The first-order chi connectivity index (χ1) is 10.6. The molecule has 118 valence electrons. The maximum Gasteiger partial charge on any atom is 0.235 e. The lowest BCUT2D eigenvalue weighted by Gasteiger charge is -2.28. The van der Waals surface area contributed by atoms with E-state index in [4.69, 9.17) is 0 Å². The monoisotopic (exact) mass is 335 g/mol. The van der Waals surface area contributed by atoms with Crippen LogP contribution in [-0.2, 0) is 4.79 Å². The number of aryl methyl sites for hydroxylation is 2. The van der Waals surface area contributed by atoms with Crippen LogP contribution in [0.5, 0.6) is 0 Å². The highest BCUT2D eigenvalue weighted by Crippen LogP contribution is 2.36. The molecule has 0 aromatic carbocycles. The average molecular weight is 335 g/mol. The number of hydrogen-bond donors (Lipinski definition) is 0. The smallest absolute Gasteiger partial charge is 0.235 e. The van der Waals surface area contributed by atoms with Crippen molar-refractivity contribution in [2.24, 2.45) is 0 Å². The molecule has 0 unspecified atom stereocenters. The van der Waals surface area contributed by atoms with Gasteiger partial charge in [-0.15, -0.1) is 11.3 Å². The number of piperidine rings is 1. The average Bonchev–Trinajstić information content (AvgIpc) is 2.83. The summed E-state index contributed by atoms with van der Waals surface area (Å²) in [6.45, 7) is 8.01. The zero-order valence-corrected chi connectivity index (χ0v) is 14.9. The van der Waals surface area contributed by atoms with Crippen molar-refractivity contribution in [3.05, 3.63) is 16.8 Å². The fourth-order valence-corrected chi connectivity index (χ4v) is 4.95. The molecule has 1 atom stereocenters. The molecular weight excluding hydrogens is 314 g/mol. The van der Waals surface area contributed by atoms with Gasteiger partial charge in [0.2, 0.25) is 5.91 Å². The van der Waals surface area contributed by atoms with Gasteiger partial charge < -0.3 is 4.90 Å². The predicted octanol–water partition coefficient (Wildman–Crippen LogP) is 3.80. The summed E-state index contributed by atoms with van der Waals surface area (Å²) in [6, 6.07) is 0. The van der Waals surface area contributed by atoms with Crippen LogP contribution in [0.15, 0.2) is 11.4 Å². The van der Waals surface area contributed by atoms with Gasteiger partial charge in [0.1, 0.15) is 16.2 Å². The lowest BCUT2D eigenvalue weighted by molar-refractivity contribution is -0.131. The van der Waals surface area contributed by atoms with Crippen LogP contribution in [0.1, 0.15) is 36.6 Å². The van der Waals surface area contributed by atoms with Gasteiger partial charge in [-0.05, 0) is 45.6 Å². The number of amides is 1. The van der Waals surface area contributed by atoms with Crippen molar-refractivity contribution in [2.75, 3.05) is 13.1 Å². The fraction of sp³-hybridized carbons (Fsp3) is 0.562. The van der Waals surface area contributed by atoms with Crippen molar-refractivity contribution < 1.29 is 4.79 Å². The van der Waals surface area contributed by atoms with Gasteiger partial charge in [-0.3, -0.25) is 4.79 Å². The molecule has 4 nitrogen and oxygen atoms in total. The number of hydrogen-bond acceptors (Lipinski definition) is 5. The molecule has 1 fully saturated rings. The molecule has 1 aliphatic heterocycles. The molecular formula is C16H21N3OS2. The van der Waals surface area contributed by atoms with E-state index in [9.17, 15) is 4.79 Å². The Balaban J connectivity index is 1.81. The lowest BCUT2D eigenvalue weighted by Crippen LogP contribution is -2.40. The molecule has 6 heteroatoms. The fourth-order valence-electron chi connectivity index (χ4n) is 2.83. The number of carbonyl (C=O) groups excluding carboxylic acids is 1. The first kappa shape index (κ1) is 15.7. The van der Waals surface area contributed by atoms with E-state index in [1.165, 1.54) is 16.9 Å². The van der Waals surface area contributed by atoms with Crippen LogP contribution in [0, 0.1) is 13.8 Å². The normalized spacial score (nSPS) is 17.0. The van der Waals surface area contributed by atoms with Crippen molar-refractivity contribution in [3.8, 4) is 0 Å². The van der Waals surface area contributed by atoms with Crippen LogP contribution < -0.4 is 0 Å². The third-order valence-corrected chi connectivity index (χ3v) is 6.44. The van der Waals surface area contributed by atoms with Crippen LogP contribution in [-0.4, -0.2) is 39.1 Å². The van der Waals surface area contributed by atoms with Crippen LogP contribution in [0.2, 0.25) is 0 Å². The highest BCUT2D eigenvalue weighted by molar-refractivity contribution is 8.00. The predicted molar refractivity (Wildman–Crippen MR) is 92.6 cm³/mol. The van der Waals surface area contributed by atoms with Gasteiger partial charge in [-0.25, -0.2) is 9.97 Å². The van der Waals surface area contributed by atoms with Crippen LogP contribution >= 0.6 is 23.1 Å². The summed E-state index contributed by atoms with van der Waals surface area (Å²) in [5.41, 5.74) is 1.24. The van der Waals surface area contributed by atoms with Crippen molar-refractivity contribution in [1.29, 1.82) is 0 Å². The van der Waals surface area contributed by atoms with E-state index in [0.29, 0.717) is 0 Å². The molecule has 0 aliphatic carbocycles. The summed E-state index contributed by atoms with van der Waals surface area (Å²) in [4.78, 5) is 25.7. The SMILES string of the molecule is Cc1sc2ncnc(S[C@@H](C)C(=O)N3CCCCC3)c2c1C. The highest BCUT2D eigenvalue weighted by Gasteiger charge is 2.24. The molecule has 22 heavy (non-hydrogen) atoms. The minimum absolute atomic E-state index is 0.101. The highest BCUT2D eigenvalue weighted by atomic mass is 32.2. The molecule has 2 aromatic rings. The molecule has 3 rings (SSSR count). The Labute approximate surface area is 139 Å². The van der Waals surface area contributed by atoms with Crippen molar-refractivity contribution in [1.82, 2.24) is 14.9 Å². The Morgan fingerprint density at radius 3 is 2.73 bits per heavy atom.